The number of rotatable bonds is 5. The minimum atomic E-state index is 0.157. The molecular formula is C27H44O. The van der Waals surface area contributed by atoms with Crippen LogP contribution in [0.3, 0.4) is 0 Å². The van der Waals surface area contributed by atoms with Gasteiger partial charge in [0, 0.05) is 11.8 Å². The van der Waals surface area contributed by atoms with Crippen molar-refractivity contribution in [3.63, 3.8) is 0 Å². The Morgan fingerprint density at radius 3 is 2.46 bits per heavy atom. The summed E-state index contributed by atoms with van der Waals surface area (Å²) in [7, 11) is 0. The van der Waals surface area contributed by atoms with Crippen molar-refractivity contribution in [3.05, 3.63) is 0 Å². The summed E-state index contributed by atoms with van der Waals surface area (Å²) >= 11 is 0. The number of ketones is 1. The smallest absolute Gasteiger partial charge is 0.140 e. The third kappa shape index (κ3) is 2.40. The third-order valence-corrected chi connectivity index (χ3v) is 11.5. The van der Waals surface area contributed by atoms with E-state index < -0.39 is 0 Å². The summed E-state index contributed by atoms with van der Waals surface area (Å²) in [6.45, 7) is 12.5. The van der Waals surface area contributed by atoms with Crippen molar-refractivity contribution in [2.75, 3.05) is 0 Å². The van der Waals surface area contributed by atoms with E-state index in [9.17, 15) is 4.79 Å². The van der Waals surface area contributed by atoms with E-state index >= 15 is 0 Å². The Morgan fingerprint density at radius 2 is 1.75 bits per heavy atom. The zero-order valence-corrected chi connectivity index (χ0v) is 19.2. The second kappa shape index (κ2) is 6.34. The lowest BCUT2D eigenvalue weighted by molar-refractivity contribution is -0.151. The van der Waals surface area contributed by atoms with Gasteiger partial charge in [0.05, 0.1) is 0 Å². The molecule has 0 heterocycles. The van der Waals surface area contributed by atoms with E-state index in [0.29, 0.717) is 22.5 Å². The quantitative estimate of drug-likeness (QED) is 0.486. The zero-order chi connectivity index (χ0) is 19.9. The molecule has 0 aromatic rings. The van der Waals surface area contributed by atoms with Gasteiger partial charge in [-0.25, -0.2) is 0 Å². The van der Waals surface area contributed by atoms with Crippen molar-refractivity contribution in [3.8, 4) is 0 Å². The molecule has 0 aromatic carbocycles. The molecule has 5 aliphatic carbocycles. The lowest BCUT2D eigenvalue weighted by Crippen LogP contribution is -2.55. The first kappa shape index (κ1) is 19.6. The molecule has 158 valence electrons. The Bertz CT molecular complexity index is 651. The minimum Gasteiger partial charge on any atom is -0.299 e. The summed E-state index contributed by atoms with van der Waals surface area (Å²) in [6.07, 6.45) is 14.8. The van der Waals surface area contributed by atoms with Crippen LogP contribution >= 0.6 is 0 Å². The molecule has 1 heteroatoms. The van der Waals surface area contributed by atoms with Gasteiger partial charge in [0.1, 0.15) is 5.78 Å². The van der Waals surface area contributed by atoms with Crippen LogP contribution in [0.15, 0.2) is 0 Å². The van der Waals surface area contributed by atoms with Gasteiger partial charge in [-0.05, 0) is 97.2 Å². The maximum atomic E-state index is 13.4. The monoisotopic (exact) mass is 384 g/mol. The van der Waals surface area contributed by atoms with Gasteiger partial charge in [-0.15, -0.1) is 0 Å². The molecule has 0 bridgehead atoms. The van der Waals surface area contributed by atoms with Gasteiger partial charge < -0.3 is 0 Å². The lowest BCUT2D eigenvalue weighted by atomic mass is 9.45. The van der Waals surface area contributed by atoms with Crippen molar-refractivity contribution in [1.29, 1.82) is 0 Å². The molecule has 5 fully saturated rings. The van der Waals surface area contributed by atoms with Gasteiger partial charge in [0.15, 0.2) is 0 Å². The normalized spacial score (nSPS) is 52.8. The topological polar surface area (TPSA) is 17.1 Å². The first-order valence-corrected chi connectivity index (χ1v) is 12.8. The average molecular weight is 385 g/mol. The molecule has 0 saturated heterocycles. The van der Waals surface area contributed by atoms with Crippen LogP contribution in [-0.2, 0) is 4.79 Å². The predicted molar refractivity (Wildman–Crippen MR) is 116 cm³/mol. The highest BCUT2D eigenvalue weighted by molar-refractivity contribution is 5.91. The number of carbonyl (C=O) groups excluding carboxylic acids is 1. The molecule has 0 unspecified atom stereocenters. The van der Waals surface area contributed by atoms with Gasteiger partial charge >= 0.3 is 0 Å². The van der Waals surface area contributed by atoms with Gasteiger partial charge in [-0.1, -0.05) is 53.9 Å². The number of fused-ring (bicyclic) bond motifs is 4. The van der Waals surface area contributed by atoms with E-state index in [4.69, 9.17) is 0 Å². The molecule has 1 spiro atoms. The number of carbonyl (C=O) groups is 1. The SMILES string of the molecule is CC(C)CCC[C@H](C)[C@H]1CC[C@H]2[C@@H]3CC(=O)[C@]45C[C@H]4CC[C@]5(C)[C@H]3CC[C@]12C. The molecule has 9 atom stereocenters. The summed E-state index contributed by atoms with van der Waals surface area (Å²) in [4.78, 5) is 13.4. The maximum Gasteiger partial charge on any atom is 0.140 e. The number of hydrogen-bond acceptors (Lipinski definition) is 1. The molecular weight excluding hydrogens is 340 g/mol. The molecule has 5 aliphatic rings. The third-order valence-electron chi connectivity index (χ3n) is 11.5. The Kier molecular flexibility index (Phi) is 4.44. The Labute approximate surface area is 173 Å². The molecule has 28 heavy (non-hydrogen) atoms. The highest BCUT2D eigenvalue weighted by atomic mass is 16.1. The molecule has 0 aromatic heterocycles. The Morgan fingerprint density at radius 1 is 0.964 bits per heavy atom. The zero-order valence-electron chi connectivity index (χ0n) is 19.2. The first-order valence-electron chi connectivity index (χ1n) is 12.8. The van der Waals surface area contributed by atoms with E-state index in [0.717, 1.165) is 41.9 Å². The van der Waals surface area contributed by atoms with Crippen LogP contribution in [0.5, 0.6) is 0 Å². The predicted octanol–water partition coefficient (Wildman–Crippen LogP) is 7.29. The van der Waals surface area contributed by atoms with Gasteiger partial charge in [-0.2, -0.15) is 0 Å². The summed E-state index contributed by atoms with van der Waals surface area (Å²) in [6, 6.07) is 0. The Hall–Kier alpha value is -0.330. The fourth-order valence-electron chi connectivity index (χ4n) is 10.0. The highest BCUT2D eigenvalue weighted by Gasteiger charge is 2.77. The molecule has 0 radical (unpaired) electrons. The number of Topliss-reactive ketones (excluding diaryl/α,β-unsaturated/α-hetero) is 1. The van der Waals surface area contributed by atoms with E-state index in [1.54, 1.807) is 0 Å². The minimum absolute atomic E-state index is 0.157. The first-order chi connectivity index (χ1) is 13.2. The fraction of sp³-hybridized carbons (Fsp3) is 0.963. The number of hydrogen-bond donors (Lipinski definition) is 0. The largest absolute Gasteiger partial charge is 0.299 e. The molecule has 0 amide bonds. The standard InChI is InChI=1S/C27H44O/c1-17(2)7-6-8-18(3)21-9-10-22-20-15-24(28)27-16-19(27)11-14-26(27,5)23(20)12-13-25(21,22)4/h17-23H,6-16H2,1-5H3/t18-,19+,20-,21+,22-,23-,25+,26+,27-/m0/s1. The summed E-state index contributed by atoms with van der Waals surface area (Å²) in [5, 5.41) is 0. The summed E-state index contributed by atoms with van der Waals surface area (Å²) < 4.78 is 0. The lowest BCUT2D eigenvalue weighted by Gasteiger charge is -2.58. The van der Waals surface area contributed by atoms with E-state index in [1.807, 2.05) is 0 Å². The summed E-state index contributed by atoms with van der Waals surface area (Å²) in [5.41, 5.74) is 1.03. The maximum absolute atomic E-state index is 13.4. The molecule has 5 rings (SSSR count). The van der Waals surface area contributed by atoms with Gasteiger partial charge in [0.25, 0.3) is 0 Å². The van der Waals surface area contributed by atoms with Crippen LogP contribution in [0, 0.1) is 57.7 Å². The van der Waals surface area contributed by atoms with E-state index in [-0.39, 0.29) is 5.41 Å². The van der Waals surface area contributed by atoms with E-state index in [1.165, 1.54) is 64.2 Å². The van der Waals surface area contributed by atoms with Crippen LogP contribution in [0.1, 0.15) is 105 Å². The average Bonchev–Trinajstić information content (AvgIpc) is 3.15. The van der Waals surface area contributed by atoms with Crippen molar-refractivity contribution >= 4 is 5.78 Å². The van der Waals surface area contributed by atoms with Gasteiger partial charge in [-0.3, -0.25) is 4.79 Å². The van der Waals surface area contributed by atoms with Crippen LogP contribution in [-0.4, -0.2) is 5.78 Å². The molecule has 0 aliphatic heterocycles. The van der Waals surface area contributed by atoms with Crippen LogP contribution in [0.25, 0.3) is 0 Å². The van der Waals surface area contributed by atoms with E-state index in [2.05, 4.69) is 34.6 Å². The summed E-state index contributed by atoms with van der Waals surface area (Å²) in [5.74, 6) is 6.49. The molecule has 5 saturated carbocycles. The van der Waals surface area contributed by atoms with Crippen molar-refractivity contribution < 1.29 is 4.79 Å². The second-order valence-corrected chi connectivity index (χ2v) is 12.9. The van der Waals surface area contributed by atoms with Crippen molar-refractivity contribution in [2.45, 2.75) is 105 Å². The fourth-order valence-corrected chi connectivity index (χ4v) is 10.0. The highest BCUT2D eigenvalue weighted by Crippen LogP contribution is 2.80. The van der Waals surface area contributed by atoms with Gasteiger partial charge in [0.2, 0.25) is 0 Å². The van der Waals surface area contributed by atoms with Crippen LogP contribution in [0.4, 0.5) is 0 Å². The van der Waals surface area contributed by atoms with Crippen molar-refractivity contribution in [2.24, 2.45) is 57.7 Å². The Balaban J connectivity index is 1.35. The van der Waals surface area contributed by atoms with Crippen LogP contribution in [0.2, 0.25) is 0 Å². The molecule has 0 N–H and O–H groups in total. The second-order valence-electron chi connectivity index (χ2n) is 12.9. The van der Waals surface area contributed by atoms with Crippen molar-refractivity contribution in [1.82, 2.24) is 0 Å². The molecule has 1 nitrogen and oxygen atoms in total. The van der Waals surface area contributed by atoms with Crippen LogP contribution < -0.4 is 0 Å².